The summed E-state index contributed by atoms with van der Waals surface area (Å²) in [5.74, 6) is 0. The van der Waals surface area contributed by atoms with Crippen molar-refractivity contribution in [2.75, 3.05) is 5.73 Å². The summed E-state index contributed by atoms with van der Waals surface area (Å²) < 4.78 is 1.59. The van der Waals surface area contributed by atoms with Crippen molar-refractivity contribution >= 4 is 5.69 Å². The van der Waals surface area contributed by atoms with Crippen LogP contribution in [0, 0.1) is 11.3 Å². The fraction of sp³-hybridized carbons (Fsp3) is 0. The summed E-state index contributed by atoms with van der Waals surface area (Å²) in [6.07, 6.45) is 3.23. The standard InChI is InChI=1S/C10H8N4/c11-5-8-3-1-2-4-10(8)14-7-9(12)6-13-14/h1-4,6-7H,12H2. The van der Waals surface area contributed by atoms with E-state index in [0.717, 1.165) is 5.69 Å². The molecule has 4 heteroatoms. The van der Waals surface area contributed by atoms with Gasteiger partial charge in [0.2, 0.25) is 0 Å². The third kappa shape index (κ3) is 1.31. The highest BCUT2D eigenvalue weighted by atomic mass is 15.3. The van der Waals surface area contributed by atoms with Crippen LogP contribution in [0.15, 0.2) is 36.7 Å². The van der Waals surface area contributed by atoms with Gasteiger partial charge in [0.05, 0.1) is 29.3 Å². The van der Waals surface area contributed by atoms with Crippen molar-refractivity contribution in [3.05, 3.63) is 42.2 Å². The van der Waals surface area contributed by atoms with Gasteiger partial charge in [-0.3, -0.25) is 0 Å². The van der Waals surface area contributed by atoms with Crippen molar-refractivity contribution in [1.82, 2.24) is 9.78 Å². The van der Waals surface area contributed by atoms with Crippen molar-refractivity contribution in [3.63, 3.8) is 0 Å². The summed E-state index contributed by atoms with van der Waals surface area (Å²) in [6.45, 7) is 0. The minimum Gasteiger partial charge on any atom is -0.396 e. The molecule has 14 heavy (non-hydrogen) atoms. The first-order valence-corrected chi connectivity index (χ1v) is 4.11. The molecule has 0 spiro atoms. The van der Waals surface area contributed by atoms with Crippen molar-refractivity contribution < 1.29 is 0 Å². The minimum absolute atomic E-state index is 0.579. The van der Waals surface area contributed by atoms with E-state index in [1.54, 1.807) is 23.1 Å². The van der Waals surface area contributed by atoms with Gasteiger partial charge in [0.15, 0.2) is 0 Å². The second kappa shape index (κ2) is 3.23. The quantitative estimate of drug-likeness (QED) is 0.726. The average Bonchev–Trinajstić information content (AvgIpc) is 2.65. The first kappa shape index (κ1) is 8.32. The van der Waals surface area contributed by atoms with Crippen molar-refractivity contribution in [2.24, 2.45) is 0 Å². The first-order valence-electron chi connectivity index (χ1n) is 4.11. The smallest absolute Gasteiger partial charge is 0.101 e. The van der Waals surface area contributed by atoms with Gasteiger partial charge in [-0.05, 0) is 12.1 Å². The molecule has 1 aromatic carbocycles. The lowest BCUT2D eigenvalue weighted by molar-refractivity contribution is 0.877. The topological polar surface area (TPSA) is 67.6 Å². The number of para-hydroxylation sites is 1. The molecule has 0 aliphatic rings. The Bertz CT molecular complexity index is 493. The molecule has 0 bridgehead atoms. The van der Waals surface area contributed by atoms with Gasteiger partial charge in [0, 0.05) is 0 Å². The fourth-order valence-electron chi connectivity index (χ4n) is 1.24. The number of aromatic nitrogens is 2. The zero-order valence-electron chi connectivity index (χ0n) is 7.38. The highest BCUT2D eigenvalue weighted by molar-refractivity contribution is 5.49. The van der Waals surface area contributed by atoms with Crippen LogP contribution in [0.1, 0.15) is 5.56 Å². The van der Waals surface area contributed by atoms with E-state index in [1.807, 2.05) is 18.2 Å². The van der Waals surface area contributed by atoms with E-state index < -0.39 is 0 Å². The van der Waals surface area contributed by atoms with E-state index in [4.69, 9.17) is 11.0 Å². The van der Waals surface area contributed by atoms with Crippen molar-refractivity contribution in [3.8, 4) is 11.8 Å². The Balaban J connectivity index is 2.57. The molecular formula is C10H8N4. The van der Waals surface area contributed by atoms with Gasteiger partial charge in [-0.25, -0.2) is 4.68 Å². The number of nitrogens with two attached hydrogens (primary N) is 1. The zero-order valence-corrected chi connectivity index (χ0v) is 7.38. The van der Waals surface area contributed by atoms with E-state index in [-0.39, 0.29) is 0 Å². The Morgan fingerprint density at radius 2 is 2.14 bits per heavy atom. The lowest BCUT2D eigenvalue weighted by Crippen LogP contribution is -1.97. The highest BCUT2D eigenvalue weighted by Gasteiger charge is 2.03. The summed E-state index contributed by atoms with van der Waals surface area (Å²) in [5.41, 5.74) is 7.44. The van der Waals surface area contributed by atoms with E-state index in [2.05, 4.69) is 11.2 Å². The van der Waals surface area contributed by atoms with Crippen LogP contribution >= 0.6 is 0 Å². The molecule has 2 rings (SSSR count). The number of hydrogen-bond donors (Lipinski definition) is 1. The Hall–Kier alpha value is -2.28. The predicted octanol–water partition coefficient (Wildman–Crippen LogP) is 1.33. The third-order valence-corrected chi connectivity index (χ3v) is 1.87. The highest BCUT2D eigenvalue weighted by Crippen LogP contribution is 2.13. The Morgan fingerprint density at radius 3 is 2.79 bits per heavy atom. The maximum absolute atomic E-state index is 8.86. The lowest BCUT2D eigenvalue weighted by atomic mass is 10.2. The molecule has 2 aromatic rings. The summed E-state index contributed by atoms with van der Waals surface area (Å²) >= 11 is 0. The molecule has 0 fully saturated rings. The summed E-state index contributed by atoms with van der Waals surface area (Å²) in [4.78, 5) is 0. The number of nitrogens with zero attached hydrogens (tertiary/aromatic N) is 3. The summed E-state index contributed by atoms with van der Waals surface area (Å²) in [7, 11) is 0. The predicted molar refractivity (Wildman–Crippen MR) is 52.7 cm³/mol. The number of nitrogen functional groups attached to an aromatic ring is 1. The number of rotatable bonds is 1. The van der Waals surface area contributed by atoms with Gasteiger partial charge in [0.25, 0.3) is 0 Å². The number of benzene rings is 1. The van der Waals surface area contributed by atoms with Gasteiger partial charge in [-0.15, -0.1) is 0 Å². The van der Waals surface area contributed by atoms with Crippen LogP contribution in [-0.2, 0) is 0 Å². The molecule has 0 aliphatic carbocycles. The summed E-state index contributed by atoms with van der Waals surface area (Å²) in [6, 6.07) is 9.34. The Morgan fingerprint density at radius 1 is 1.36 bits per heavy atom. The first-order chi connectivity index (χ1) is 6.81. The van der Waals surface area contributed by atoms with Gasteiger partial charge >= 0.3 is 0 Å². The van der Waals surface area contributed by atoms with Crippen LogP contribution < -0.4 is 5.73 Å². The van der Waals surface area contributed by atoms with Crippen LogP contribution in [0.25, 0.3) is 5.69 Å². The average molecular weight is 184 g/mol. The molecule has 4 nitrogen and oxygen atoms in total. The molecule has 2 N–H and O–H groups in total. The lowest BCUT2D eigenvalue weighted by Gasteiger charge is -2.01. The molecule has 0 unspecified atom stereocenters. The Kier molecular flexibility index (Phi) is 1.92. The van der Waals surface area contributed by atoms with E-state index in [1.165, 1.54) is 0 Å². The largest absolute Gasteiger partial charge is 0.396 e. The third-order valence-electron chi connectivity index (χ3n) is 1.87. The second-order valence-electron chi connectivity index (χ2n) is 2.85. The minimum atomic E-state index is 0.579. The summed E-state index contributed by atoms with van der Waals surface area (Å²) in [5, 5.41) is 12.9. The van der Waals surface area contributed by atoms with E-state index >= 15 is 0 Å². The molecular weight excluding hydrogens is 176 g/mol. The molecule has 0 aliphatic heterocycles. The SMILES string of the molecule is N#Cc1ccccc1-n1cc(N)cn1. The van der Waals surface area contributed by atoms with Gasteiger partial charge in [-0.1, -0.05) is 12.1 Å². The number of hydrogen-bond acceptors (Lipinski definition) is 3. The van der Waals surface area contributed by atoms with Crippen LogP contribution in [0.4, 0.5) is 5.69 Å². The van der Waals surface area contributed by atoms with Crippen LogP contribution in [-0.4, -0.2) is 9.78 Å². The second-order valence-corrected chi connectivity index (χ2v) is 2.85. The molecule has 1 aromatic heterocycles. The monoisotopic (exact) mass is 184 g/mol. The van der Waals surface area contributed by atoms with Crippen LogP contribution in [0.5, 0.6) is 0 Å². The van der Waals surface area contributed by atoms with Crippen molar-refractivity contribution in [1.29, 1.82) is 5.26 Å². The van der Waals surface area contributed by atoms with E-state index in [9.17, 15) is 0 Å². The molecule has 0 amide bonds. The maximum Gasteiger partial charge on any atom is 0.101 e. The van der Waals surface area contributed by atoms with Crippen LogP contribution in [0.2, 0.25) is 0 Å². The van der Waals surface area contributed by atoms with Gasteiger partial charge < -0.3 is 5.73 Å². The molecule has 0 radical (unpaired) electrons. The van der Waals surface area contributed by atoms with Gasteiger partial charge in [-0.2, -0.15) is 10.4 Å². The molecule has 0 saturated heterocycles. The van der Waals surface area contributed by atoms with Crippen molar-refractivity contribution in [2.45, 2.75) is 0 Å². The molecule has 1 heterocycles. The molecule has 0 saturated carbocycles. The van der Waals surface area contributed by atoms with Crippen LogP contribution in [0.3, 0.4) is 0 Å². The number of nitriles is 1. The normalized spacial score (nSPS) is 9.64. The van der Waals surface area contributed by atoms with Gasteiger partial charge in [0.1, 0.15) is 6.07 Å². The van der Waals surface area contributed by atoms with E-state index in [0.29, 0.717) is 11.3 Å². The molecule has 0 atom stereocenters. The zero-order chi connectivity index (χ0) is 9.97. The maximum atomic E-state index is 8.86. The Labute approximate surface area is 81.2 Å². The fourth-order valence-corrected chi connectivity index (χ4v) is 1.24. The number of anilines is 1. The molecule has 68 valence electrons.